The molecule has 22 heavy (non-hydrogen) atoms. The van der Waals surface area contributed by atoms with E-state index in [9.17, 15) is 0 Å². The van der Waals surface area contributed by atoms with E-state index in [1.165, 1.54) is 0 Å². The molecule has 110 valence electrons. The summed E-state index contributed by atoms with van der Waals surface area (Å²) in [5.41, 5.74) is 2.91. The lowest BCUT2D eigenvalue weighted by atomic mass is 10.2. The van der Waals surface area contributed by atoms with Crippen LogP contribution in [0.1, 0.15) is 5.69 Å². The van der Waals surface area contributed by atoms with Crippen molar-refractivity contribution in [2.45, 2.75) is 0 Å². The molecule has 3 rings (SSSR count). The Bertz CT molecular complexity index is 848. The van der Waals surface area contributed by atoms with Crippen LogP contribution in [-0.4, -0.2) is 22.9 Å². The van der Waals surface area contributed by atoms with Crippen LogP contribution in [-0.2, 0) is 0 Å². The van der Waals surface area contributed by atoms with Gasteiger partial charge in [0.15, 0.2) is 0 Å². The smallest absolute Gasteiger partial charge is 0.205 e. The minimum atomic E-state index is 0.810. The molecule has 0 spiro atoms. The minimum Gasteiger partial charge on any atom is -0.261 e. The highest BCUT2D eigenvalue weighted by Crippen LogP contribution is 2.22. The molecule has 1 aromatic carbocycles. The highest BCUT2D eigenvalue weighted by Gasteiger charge is 2.06. The third-order valence-electron chi connectivity index (χ3n) is 3.01. The van der Waals surface area contributed by atoms with Crippen LogP contribution >= 0.6 is 27.3 Å². The molecule has 0 saturated heterocycles. The first-order valence-electron chi connectivity index (χ1n) is 6.62. The molecule has 0 saturated carbocycles. The highest BCUT2D eigenvalue weighted by molar-refractivity contribution is 9.10. The Morgan fingerprint density at radius 1 is 1.18 bits per heavy atom. The highest BCUT2D eigenvalue weighted by atomic mass is 79.9. The normalized spacial score (nSPS) is 12.2. The van der Waals surface area contributed by atoms with Crippen LogP contribution < -0.4 is 4.80 Å². The number of benzene rings is 1. The van der Waals surface area contributed by atoms with Gasteiger partial charge in [-0.1, -0.05) is 34.1 Å². The fourth-order valence-corrected chi connectivity index (χ4v) is 3.02. The second-order valence-electron chi connectivity index (χ2n) is 4.44. The summed E-state index contributed by atoms with van der Waals surface area (Å²) < 4.78 is 2.89. The Hall–Kier alpha value is -2.05. The van der Waals surface area contributed by atoms with E-state index in [1.807, 2.05) is 35.0 Å². The first-order chi connectivity index (χ1) is 10.8. The van der Waals surface area contributed by atoms with Crippen LogP contribution in [0.5, 0.6) is 0 Å². The van der Waals surface area contributed by atoms with Gasteiger partial charge in [0.25, 0.3) is 0 Å². The standard InChI is InChI=1S/C16H13BrN4S/c1-18-16-21(20-10-14-4-2-3-9-19-14)15(11-22-16)12-5-7-13(17)8-6-12/h2-11H,1H3/b18-16?,20-10+. The van der Waals surface area contributed by atoms with Crippen molar-refractivity contribution in [3.05, 3.63) is 69.0 Å². The monoisotopic (exact) mass is 372 g/mol. The lowest BCUT2D eigenvalue weighted by Gasteiger charge is -2.03. The lowest BCUT2D eigenvalue weighted by molar-refractivity contribution is 0.847. The van der Waals surface area contributed by atoms with Gasteiger partial charge in [0.05, 0.1) is 17.6 Å². The Kier molecular flexibility index (Phi) is 4.60. The van der Waals surface area contributed by atoms with Crippen molar-refractivity contribution >= 4 is 33.5 Å². The van der Waals surface area contributed by atoms with Gasteiger partial charge in [-0.05, 0) is 24.3 Å². The number of hydrogen-bond acceptors (Lipinski definition) is 4. The number of aromatic nitrogens is 2. The van der Waals surface area contributed by atoms with Gasteiger partial charge in [-0.3, -0.25) is 9.98 Å². The molecule has 0 unspecified atom stereocenters. The zero-order chi connectivity index (χ0) is 15.4. The van der Waals surface area contributed by atoms with Crippen molar-refractivity contribution in [2.24, 2.45) is 10.1 Å². The van der Waals surface area contributed by atoms with Crippen LogP contribution in [0.25, 0.3) is 11.3 Å². The molecule has 2 heterocycles. The first-order valence-corrected chi connectivity index (χ1v) is 8.30. The van der Waals surface area contributed by atoms with Crippen LogP contribution in [0.4, 0.5) is 0 Å². The third-order valence-corrected chi connectivity index (χ3v) is 4.45. The predicted molar refractivity (Wildman–Crippen MR) is 94.2 cm³/mol. The molecule has 0 aliphatic heterocycles. The van der Waals surface area contributed by atoms with Gasteiger partial charge >= 0.3 is 0 Å². The molecular formula is C16H13BrN4S. The van der Waals surface area contributed by atoms with E-state index < -0.39 is 0 Å². The summed E-state index contributed by atoms with van der Waals surface area (Å²) >= 11 is 5.02. The molecule has 0 fully saturated rings. The summed E-state index contributed by atoms with van der Waals surface area (Å²) in [5.74, 6) is 0. The van der Waals surface area contributed by atoms with Crippen molar-refractivity contribution < 1.29 is 0 Å². The molecule has 0 bridgehead atoms. The van der Waals surface area contributed by atoms with Crippen molar-refractivity contribution in [3.63, 3.8) is 0 Å². The Morgan fingerprint density at radius 3 is 2.68 bits per heavy atom. The SMILES string of the molecule is CN=c1scc(-c2ccc(Br)cc2)n1/N=C/c1ccccn1. The molecule has 0 radical (unpaired) electrons. The number of rotatable bonds is 3. The second-order valence-corrected chi connectivity index (χ2v) is 6.20. The van der Waals surface area contributed by atoms with Crippen molar-refractivity contribution in [1.82, 2.24) is 9.66 Å². The van der Waals surface area contributed by atoms with Gasteiger partial charge in [-0.25, -0.2) is 4.68 Å². The zero-order valence-electron chi connectivity index (χ0n) is 11.8. The van der Waals surface area contributed by atoms with Gasteiger partial charge in [-0.15, -0.1) is 11.3 Å². The Balaban J connectivity index is 2.05. The van der Waals surface area contributed by atoms with E-state index in [-0.39, 0.29) is 0 Å². The summed E-state index contributed by atoms with van der Waals surface area (Å²) in [6, 6.07) is 13.9. The summed E-state index contributed by atoms with van der Waals surface area (Å²) in [6.45, 7) is 0. The first kappa shape index (κ1) is 14.9. The Labute approximate surface area is 140 Å². The molecule has 3 aromatic rings. The summed E-state index contributed by atoms with van der Waals surface area (Å²) in [5, 5.41) is 6.60. The number of pyridine rings is 1. The number of hydrogen-bond donors (Lipinski definition) is 0. The van der Waals surface area contributed by atoms with Gasteiger partial charge in [0, 0.05) is 28.7 Å². The molecule has 2 aromatic heterocycles. The van der Waals surface area contributed by atoms with Crippen LogP contribution in [0.2, 0.25) is 0 Å². The van der Waals surface area contributed by atoms with Crippen molar-refractivity contribution in [1.29, 1.82) is 0 Å². The quantitative estimate of drug-likeness (QED) is 0.645. The van der Waals surface area contributed by atoms with E-state index >= 15 is 0 Å². The molecule has 4 nitrogen and oxygen atoms in total. The molecular weight excluding hydrogens is 360 g/mol. The van der Waals surface area contributed by atoms with Gasteiger partial charge in [0.1, 0.15) is 0 Å². The number of thiazole rings is 1. The van der Waals surface area contributed by atoms with Crippen molar-refractivity contribution in [2.75, 3.05) is 7.05 Å². The van der Waals surface area contributed by atoms with E-state index in [0.717, 1.165) is 26.2 Å². The number of nitrogens with zero attached hydrogens (tertiary/aromatic N) is 4. The van der Waals surface area contributed by atoms with Gasteiger partial charge < -0.3 is 0 Å². The van der Waals surface area contributed by atoms with E-state index in [1.54, 1.807) is 30.8 Å². The Morgan fingerprint density at radius 2 is 2.00 bits per heavy atom. The molecule has 0 aliphatic carbocycles. The molecule has 0 amide bonds. The second kappa shape index (κ2) is 6.81. The summed E-state index contributed by atoms with van der Waals surface area (Å²) in [7, 11) is 1.77. The fraction of sp³-hybridized carbons (Fsp3) is 0.0625. The summed E-state index contributed by atoms with van der Waals surface area (Å²) in [6.07, 6.45) is 3.49. The third kappa shape index (κ3) is 3.23. The van der Waals surface area contributed by atoms with E-state index in [0.29, 0.717) is 0 Å². The maximum atomic E-state index is 4.54. The average Bonchev–Trinajstić information content (AvgIpc) is 2.97. The zero-order valence-corrected chi connectivity index (χ0v) is 14.3. The maximum absolute atomic E-state index is 4.54. The fourth-order valence-electron chi connectivity index (χ4n) is 1.95. The van der Waals surface area contributed by atoms with Crippen molar-refractivity contribution in [3.8, 4) is 11.3 Å². The lowest BCUT2D eigenvalue weighted by Crippen LogP contribution is -2.11. The maximum Gasteiger partial charge on any atom is 0.205 e. The molecule has 6 heteroatoms. The molecule has 0 N–H and O–H groups in total. The van der Waals surface area contributed by atoms with Crippen LogP contribution in [0.15, 0.2) is 68.6 Å². The average molecular weight is 373 g/mol. The van der Waals surface area contributed by atoms with Crippen LogP contribution in [0, 0.1) is 0 Å². The minimum absolute atomic E-state index is 0.810. The van der Waals surface area contributed by atoms with Crippen LogP contribution in [0.3, 0.4) is 0 Å². The predicted octanol–water partition coefficient (Wildman–Crippen LogP) is 3.79. The van der Waals surface area contributed by atoms with E-state index in [2.05, 4.69) is 48.5 Å². The van der Waals surface area contributed by atoms with E-state index in [4.69, 9.17) is 0 Å². The van der Waals surface area contributed by atoms with Gasteiger partial charge in [0.2, 0.25) is 4.80 Å². The largest absolute Gasteiger partial charge is 0.261 e. The molecule has 0 atom stereocenters. The number of halogens is 1. The molecule has 0 aliphatic rings. The van der Waals surface area contributed by atoms with Gasteiger partial charge in [-0.2, -0.15) is 5.10 Å². The topological polar surface area (TPSA) is 42.5 Å². The summed E-state index contributed by atoms with van der Waals surface area (Å²) in [4.78, 5) is 9.37.